The van der Waals surface area contributed by atoms with Crippen LogP contribution < -0.4 is 5.73 Å². The van der Waals surface area contributed by atoms with E-state index in [-0.39, 0.29) is 0 Å². The van der Waals surface area contributed by atoms with Crippen LogP contribution in [0.25, 0.3) is 0 Å². The number of hydrogen-bond donors (Lipinski definition) is 1. The summed E-state index contributed by atoms with van der Waals surface area (Å²) in [5, 5.41) is 2.23. The largest absolute Gasteiger partial charge is 0.330 e. The molecule has 2 N–H and O–H groups in total. The van der Waals surface area contributed by atoms with Gasteiger partial charge in [-0.25, -0.2) is 0 Å². The molecule has 2 unspecified atom stereocenters. The summed E-state index contributed by atoms with van der Waals surface area (Å²) in [4.78, 5) is 4.33. The van der Waals surface area contributed by atoms with Crippen molar-refractivity contribution >= 4 is 11.3 Å². The van der Waals surface area contributed by atoms with Gasteiger partial charge < -0.3 is 5.73 Å². The molecule has 2 heterocycles. The number of likely N-dealkylation sites (tertiary alicyclic amines) is 1. The van der Waals surface area contributed by atoms with Crippen LogP contribution in [0.15, 0.2) is 11.4 Å². The van der Waals surface area contributed by atoms with E-state index in [2.05, 4.69) is 23.3 Å². The van der Waals surface area contributed by atoms with E-state index in [1.807, 2.05) is 11.3 Å². The molecule has 2 atom stereocenters. The maximum atomic E-state index is 6.01. The minimum Gasteiger partial charge on any atom is -0.330 e. The Balaban J connectivity index is 1.91. The SMILES string of the molecule is Cc1ccsc1C1C(CN)CCCN1C1CC1. The van der Waals surface area contributed by atoms with Crippen molar-refractivity contribution in [3.8, 4) is 0 Å². The third-order valence-electron chi connectivity index (χ3n) is 4.28. The smallest absolute Gasteiger partial charge is 0.0487 e. The molecule has 2 fully saturated rings. The second kappa shape index (κ2) is 4.71. The summed E-state index contributed by atoms with van der Waals surface area (Å²) in [5.74, 6) is 0.668. The van der Waals surface area contributed by atoms with Gasteiger partial charge in [0.2, 0.25) is 0 Å². The maximum absolute atomic E-state index is 6.01. The molecule has 3 rings (SSSR count). The minimum atomic E-state index is 0.612. The Hall–Kier alpha value is -0.380. The van der Waals surface area contributed by atoms with Crippen molar-refractivity contribution < 1.29 is 0 Å². The molecule has 1 aliphatic carbocycles. The summed E-state index contributed by atoms with van der Waals surface area (Å²) in [6, 6.07) is 3.73. The number of rotatable bonds is 3. The van der Waals surface area contributed by atoms with Crippen LogP contribution in [0.3, 0.4) is 0 Å². The Morgan fingerprint density at radius 3 is 2.82 bits per heavy atom. The fraction of sp³-hybridized carbons (Fsp3) is 0.714. The molecule has 0 bridgehead atoms. The molecule has 0 amide bonds. The standard InChI is InChI=1S/C14H22N2S/c1-10-6-8-17-14(10)13-11(9-15)3-2-7-16(13)12-4-5-12/h6,8,11-13H,2-5,7,9,15H2,1H3. The molecule has 2 nitrogen and oxygen atoms in total. The van der Waals surface area contributed by atoms with Gasteiger partial charge in [-0.3, -0.25) is 4.90 Å². The quantitative estimate of drug-likeness (QED) is 0.893. The maximum Gasteiger partial charge on any atom is 0.0487 e. The van der Waals surface area contributed by atoms with Crippen molar-refractivity contribution in [2.75, 3.05) is 13.1 Å². The van der Waals surface area contributed by atoms with Crippen LogP contribution in [0, 0.1) is 12.8 Å². The highest BCUT2D eigenvalue weighted by atomic mass is 32.1. The van der Waals surface area contributed by atoms with Crippen LogP contribution in [-0.2, 0) is 0 Å². The van der Waals surface area contributed by atoms with E-state index in [1.54, 1.807) is 4.88 Å². The van der Waals surface area contributed by atoms with Crippen molar-refractivity contribution in [2.45, 2.75) is 44.7 Å². The van der Waals surface area contributed by atoms with Gasteiger partial charge >= 0.3 is 0 Å². The van der Waals surface area contributed by atoms with Gasteiger partial charge in [-0.1, -0.05) is 0 Å². The summed E-state index contributed by atoms with van der Waals surface area (Å²) in [6.07, 6.45) is 5.44. The minimum absolute atomic E-state index is 0.612. The topological polar surface area (TPSA) is 29.3 Å². The van der Waals surface area contributed by atoms with Crippen molar-refractivity contribution in [1.29, 1.82) is 0 Å². The fourth-order valence-electron chi connectivity index (χ4n) is 3.22. The second-order valence-corrected chi connectivity index (χ2v) is 6.47. The summed E-state index contributed by atoms with van der Waals surface area (Å²) in [6.45, 7) is 4.37. The highest BCUT2D eigenvalue weighted by Gasteiger charge is 2.40. The van der Waals surface area contributed by atoms with E-state index in [1.165, 1.54) is 37.8 Å². The number of hydrogen-bond acceptors (Lipinski definition) is 3. The monoisotopic (exact) mass is 250 g/mol. The summed E-state index contributed by atoms with van der Waals surface area (Å²) in [5.41, 5.74) is 7.47. The highest BCUT2D eigenvalue weighted by molar-refractivity contribution is 7.10. The average molecular weight is 250 g/mol. The normalized spacial score (nSPS) is 30.7. The van der Waals surface area contributed by atoms with Crippen molar-refractivity contribution in [1.82, 2.24) is 4.90 Å². The molecule has 3 heteroatoms. The molecular formula is C14H22N2S. The molecule has 1 aliphatic heterocycles. The molecule has 94 valence electrons. The Bertz CT molecular complexity index is 383. The number of nitrogens with two attached hydrogens (primary N) is 1. The highest BCUT2D eigenvalue weighted by Crippen LogP contribution is 2.44. The molecular weight excluding hydrogens is 228 g/mol. The van der Waals surface area contributed by atoms with Gasteiger partial charge in [0.1, 0.15) is 0 Å². The van der Waals surface area contributed by atoms with Crippen LogP contribution in [0.5, 0.6) is 0 Å². The van der Waals surface area contributed by atoms with Crippen molar-refractivity contribution in [3.05, 3.63) is 21.9 Å². The van der Waals surface area contributed by atoms with Gasteiger partial charge in [0.25, 0.3) is 0 Å². The first-order chi connectivity index (χ1) is 8.31. The molecule has 17 heavy (non-hydrogen) atoms. The molecule has 1 saturated heterocycles. The number of thiophene rings is 1. The van der Waals surface area contributed by atoms with Gasteiger partial charge in [-0.2, -0.15) is 0 Å². The molecule has 1 aromatic heterocycles. The third kappa shape index (κ3) is 2.16. The Kier molecular flexibility index (Phi) is 3.24. The predicted molar refractivity (Wildman–Crippen MR) is 73.3 cm³/mol. The first-order valence-corrected chi connectivity index (χ1v) is 7.69. The molecule has 1 aromatic rings. The lowest BCUT2D eigenvalue weighted by Crippen LogP contribution is -2.42. The van der Waals surface area contributed by atoms with E-state index >= 15 is 0 Å². The number of nitrogens with zero attached hydrogens (tertiary/aromatic N) is 1. The van der Waals surface area contributed by atoms with Crippen molar-refractivity contribution in [2.24, 2.45) is 11.7 Å². The van der Waals surface area contributed by atoms with Gasteiger partial charge in [0.05, 0.1) is 0 Å². The van der Waals surface area contributed by atoms with E-state index in [4.69, 9.17) is 5.73 Å². The van der Waals surface area contributed by atoms with Crippen LogP contribution in [0.2, 0.25) is 0 Å². The van der Waals surface area contributed by atoms with Gasteiger partial charge in [-0.15, -0.1) is 11.3 Å². The predicted octanol–water partition coefficient (Wildman–Crippen LogP) is 2.93. The number of piperidine rings is 1. The molecule has 0 radical (unpaired) electrons. The zero-order valence-electron chi connectivity index (χ0n) is 10.6. The lowest BCUT2D eigenvalue weighted by molar-refractivity contribution is 0.0900. The van der Waals surface area contributed by atoms with Crippen LogP contribution in [0.4, 0.5) is 0 Å². The first-order valence-electron chi connectivity index (χ1n) is 6.81. The summed E-state index contributed by atoms with van der Waals surface area (Å²) < 4.78 is 0. The number of aryl methyl sites for hydroxylation is 1. The molecule has 0 aromatic carbocycles. The Morgan fingerprint density at radius 1 is 1.41 bits per heavy atom. The van der Waals surface area contributed by atoms with Crippen LogP contribution in [-0.4, -0.2) is 24.0 Å². The zero-order chi connectivity index (χ0) is 11.8. The fourth-order valence-corrected chi connectivity index (χ4v) is 4.36. The summed E-state index contributed by atoms with van der Waals surface area (Å²) >= 11 is 1.93. The summed E-state index contributed by atoms with van der Waals surface area (Å²) in [7, 11) is 0. The van der Waals surface area contributed by atoms with E-state index in [0.717, 1.165) is 12.6 Å². The molecule has 2 aliphatic rings. The lowest BCUT2D eigenvalue weighted by atomic mass is 9.87. The van der Waals surface area contributed by atoms with E-state index < -0.39 is 0 Å². The Labute approximate surface area is 108 Å². The van der Waals surface area contributed by atoms with Gasteiger partial charge in [0, 0.05) is 17.0 Å². The van der Waals surface area contributed by atoms with E-state index in [9.17, 15) is 0 Å². The second-order valence-electron chi connectivity index (χ2n) is 5.52. The average Bonchev–Trinajstić information content (AvgIpc) is 3.11. The third-order valence-corrected chi connectivity index (χ3v) is 5.37. The molecule has 1 saturated carbocycles. The molecule has 0 spiro atoms. The van der Waals surface area contributed by atoms with E-state index in [0.29, 0.717) is 12.0 Å². The Morgan fingerprint density at radius 2 is 2.24 bits per heavy atom. The van der Waals surface area contributed by atoms with Gasteiger partial charge in [-0.05, 0) is 68.6 Å². The van der Waals surface area contributed by atoms with Crippen LogP contribution in [0.1, 0.15) is 42.2 Å². The van der Waals surface area contributed by atoms with Gasteiger partial charge in [0.15, 0.2) is 0 Å². The lowest BCUT2D eigenvalue weighted by Gasteiger charge is -2.41. The first kappa shape index (κ1) is 11.7. The van der Waals surface area contributed by atoms with Crippen molar-refractivity contribution in [3.63, 3.8) is 0 Å². The van der Waals surface area contributed by atoms with Crippen LogP contribution >= 0.6 is 11.3 Å². The zero-order valence-corrected chi connectivity index (χ0v) is 11.4.